The summed E-state index contributed by atoms with van der Waals surface area (Å²) in [5.74, 6) is -2.58. The Kier molecular flexibility index (Phi) is 17.9. The Morgan fingerprint density at radius 3 is 2.18 bits per heavy atom. The zero-order valence-corrected chi connectivity index (χ0v) is 36.4. The highest BCUT2D eigenvalue weighted by molar-refractivity contribution is 5.73. The van der Waals surface area contributed by atoms with Crippen molar-refractivity contribution in [1.82, 2.24) is 15.5 Å². The van der Waals surface area contributed by atoms with Gasteiger partial charge in [0, 0.05) is 44.0 Å². The number of carbonyl (C=O) groups is 1. The zero-order chi connectivity index (χ0) is 41.6. The van der Waals surface area contributed by atoms with Gasteiger partial charge in [-0.15, -0.1) is 0 Å². The van der Waals surface area contributed by atoms with Crippen LogP contribution in [0.1, 0.15) is 108 Å². The van der Waals surface area contributed by atoms with E-state index < -0.39 is 83.8 Å². The first-order chi connectivity index (χ1) is 25.6. The van der Waals surface area contributed by atoms with Gasteiger partial charge in [-0.25, -0.2) is 0 Å². The number of likely N-dealkylation sites (N-methyl/N-ethyl adjacent to an activating group) is 1. The molecule has 0 saturated carbocycles. The maximum Gasteiger partial charge on any atom is 0.311 e. The maximum atomic E-state index is 14.3. The molecule has 0 aromatic rings. The van der Waals surface area contributed by atoms with Crippen LogP contribution in [0, 0.1) is 23.7 Å². The highest BCUT2D eigenvalue weighted by Crippen LogP contribution is 2.43. The number of nitrogens with zero attached hydrogens (tertiary/aromatic N) is 1. The molecule has 3 fully saturated rings. The van der Waals surface area contributed by atoms with Crippen molar-refractivity contribution in [1.29, 1.82) is 0 Å². The van der Waals surface area contributed by atoms with Crippen LogP contribution in [0.2, 0.25) is 0 Å². The number of aliphatic hydroxyl groups is 4. The largest absolute Gasteiger partial charge is 0.462 e. The second-order valence-electron chi connectivity index (χ2n) is 17.9. The van der Waals surface area contributed by atoms with Gasteiger partial charge in [-0.2, -0.15) is 0 Å². The number of carbonyl (C=O) groups excluding carboxylic acids is 1. The third kappa shape index (κ3) is 11.4. The summed E-state index contributed by atoms with van der Waals surface area (Å²) >= 11 is 0. The van der Waals surface area contributed by atoms with Gasteiger partial charge in [-0.1, -0.05) is 34.6 Å². The molecule has 0 radical (unpaired) electrons. The molecule has 3 rings (SSSR count). The number of methoxy groups -OCH3 is 1. The lowest BCUT2D eigenvalue weighted by molar-refractivity contribution is -0.336. The predicted molar refractivity (Wildman–Crippen MR) is 210 cm³/mol. The summed E-state index contributed by atoms with van der Waals surface area (Å²) in [6.07, 6.45) is -4.95. The molecule has 0 spiro atoms. The van der Waals surface area contributed by atoms with Crippen LogP contribution in [0.3, 0.4) is 0 Å². The third-order valence-electron chi connectivity index (χ3n) is 13.0. The summed E-state index contributed by atoms with van der Waals surface area (Å²) in [4.78, 5) is 16.2. The minimum absolute atomic E-state index is 0.0744. The highest BCUT2D eigenvalue weighted by atomic mass is 16.7. The van der Waals surface area contributed by atoms with E-state index in [-0.39, 0.29) is 49.4 Å². The SMILES string of the molecule is CCCNC[C@]1(O)[C@H](C)O[C@@H](O[C@@H]2[C@H](C)[C@@H](O[C@@H]3O[C@H](C)C[C@H](N(C)C)[C@H]3O)[C@](C)(O)C[C@@H](C)CN[C@H](C)[C@@H](O)[C@@H](C)[C@@H](CC)OC(=O)[C@@H]2C)C[C@@]1(C)OC. The molecule has 3 heterocycles. The Morgan fingerprint density at radius 1 is 0.945 bits per heavy atom. The predicted octanol–water partition coefficient (Wildman–Crippen LogP) is 2.81. The molecule has 55 heavy (non-hydrogen) atoms. The molecule has 0 aromatic carbocycles. The van der Waals surface area contributed by atoms with E-state index in [1.165, 1.54) is 0 Å². The molecule has 6 N–H and O–H groups in total. The van der Waals surface area contributed by atoms with E-state index in [4.69, 9.17) is 28.4 Å². The quantitative estimate of drug-likeness (QED) is 0.133. The minimum atomic E-state index is -1.52. The molecule has 14 heteroatoms. The van der Waals surface area contributed by atoms with Crippen LogP contribution >= 0.6 is 0 Å². The van der Waals surface area contributed by atoms with Crippen LogP contribution < -0.4 is 10.6 Å². The highest BCUT2D eigenvalue weighted by Gasteiger charge is 2.58. The molecule has 324 valence electrons. The van der Waals surface area contributed by atoms with Gasteiger partial charge in [0.15, 0.2) is 12.6 Å². The number of aliphatic hydroxyl groups excluding tert-OH is 2. The monoisotopic (exact) mass is 790 g/mol. The summed E-state index contributed by atoms with van der Waals surface area (Å²) in [5, 5.41) is 54.3. The Labute approximate surface area is 331 Å². The van der Waals surface area contributed by atoms with Crippen molar-refractivity contribution in [3.8, 4) is 0 Å². The Morgan fingerprint density at radius 2 is 1.60 bits per heavy atom. The van der Waals surface area contributed by atoms with Crippen LogP contribution in [0.15, 0.2) is 0 Å². The molecule has 0 aromatic heterocycles. The topological polar surface area (TPSA) is 181 Å². The van der Waals surface area contributed by atoms with Crippen molar-refractivity contribution >= 4 is 5.97 Å². The number of ether oxygens (including phenoxy) is 6. The van der Waals surface area contributed by atoms with Gasteiger partial charge in [0.1, 0.15) is 23.4 Å². The first kappa shape index (κ1) is 48.4. The number of nitrogens with one attached hydrogen (secondary N) is 2. The molecule has 3 saturated heterocycles. The summed E-state index contributed by atoms with van der Waals surface area (Å²) in [5.41, 5.74) is -4.01. The number of hydrogen-bond donors (Lipinski definition) is 6. The molecule has 0 aliphatic carbocycles. The second kappa shape index (κ2) is 20.3. The molecule has 14 nitrogen and oxygen atoms in total. The number of cyclic esters (lactones) is 1. The van der Waals surface area contributed by atoms with Gasteiger partial charge in [-0.05, 0) is 100 Å². The average molecular weight is 790 g/mol. The van der Waals surface area contributed by atoms with Crippen molar-refractivity contribution in [2.45, 2.75) is 192 Å². The minimum Gasteiger partial charge on any atom is -0.462 e. The Hall–Kier alpha value is -1.01. The summed E-state index contributed by atoms with van der Waals surface area (Å²) < 4.78 is 38.6. The Balaban J connectivity index is 2.13. The summed E-state index contributed by atoms with van der Waals surface area (Å²) in [6, 6.07) is -0.568. The molecule has 3 aliphatic rings. The summed E-state index contributed by atoms with van der Waals surface area (Å²) in [7, 11) is 5.36. The van der Waals surface area contributed by atoms with Crippen molar-refractivity contribution in [2.24, 2.45) is 23.7 Å². The molecular weight excluding hydrogens is 710 g/mol. The zero-order valence-electron chi connectivity index (χ0n) is 36.4. The van der Waals surface area contributed by atoms with E-state index in [0.717, 1.165) is 6.42 Å². The van der Waals surface area contributed by atoms with Crippen LogP contribution in [0.4, 0.5) is 0 Å². The van der Waals surface area contributed by atoms with Gasteiger partial charge >= 0.3 is 5.97 Å². The van der Waals surface area contributed by atoms with Gasteiger partial charge in [-0.3, -0.25) is 4.79 Å². The number of rotatable bonds is 11. The molecule has 3 aliphatic heterocycles. The number of esters is 1. The maximum absolute atomic E-state index is 14.3. The van der Waals surface area contributed by atoms with Gasteiger partial charge in [0.25, 0.3) is 0 Å². The second-order valence-corrected chi connectivity index (χ2v) is 17.9. The van der Waals surface area contributed by atoms with E-state index in [1.54, 1.807) is 27.9 Å². The third-order valence-corrected chi connectivity index (χ3v) is 13.0. The van der Waals surface area contributed by atoms with Gasteiger partial charge in [0.05, 0.1) is 42.0 Å². The van der Waals surface area contributed by atoms with Crippen molar-refractivity contribution in [3.63, 3.8) is 0 Å². The first-order valence-corrected chi connectivity index (χ1v) is 20.9. The van der Waals surface area contributed by atoms with Crippen molar-refractivity contribution in [2.75, 3.05) is 40.8 Å². The standard InChI is InChI=1S/C41H79N3O11/c1-15-17-42-22-41(49)29(9)52-32(20-40(41,11)50-14)54-35-26(6)36(55-38-34(46)30(44(12)13)18-24(4)51-38)39(10,48)19-23(3)21-43-28(8)33(45)25(5)31(16-2)53-37(47)27(35)7/h23-36,38,42-43,45-46,48-49H,15-22H2,1-14H3/t23-,24-,25+,26+,27-,28-,29+,30+,31-,32+,33+,34-,35-,36-,38+,39-,40-,41+/m1/s1. The average Bonchev–Trinajstić information content (AvgIpc) is 3.12. The van der Waals surface area contributed by atoms with E-state index in [2.05, 4.69) is 17.6 Å². The summed E-state index contributed by atoms with van der Waals surface area (Å²) in [6.45, 7) is 22.1. The molecule has 18 atom stereocenters. The molecule has 0 unspecified atom stereocenters. The fourth-order valence-electron chi connectivity index (χ4n) is 9.15. The Bertz CT molecular complexity index is 1180. The van der Waals surface area contributed by atoms with Gasteiger partial charge < -0.3 is 64.4 Å². The fraction of sp³-hybridized carbons (Fsp3) is 0.976. The van der Waals surface area contributed by atoms with Crippen LogP contribution in [-0.4, -0.2) is 156 Å². The smallest absolute Gasteiger partial charge is 0.311 e. The first-order valence-electron chi connectivity index (χ1n) is 20.9. The van der Waals surface area contributed by atoms with Gasteiger partial charge in [0.2, 0.25) is 0 Å². The lowest BCUT2D eigenvalue weighted by atomic mass is 9.75. The lowest BCUT2D eigenvalue weighted by Crippen LogP contribution is -2.70. The van der Waals surface area contributed by atoms with E-state index >= 15 is 0 Å². The van der Waals surface area contributed by atoms with Crippen LogP contribution in [0.5, 0.6) is 0 Å². The van der Waals surface area contributed by atoms with Crippen molar-refractivity contribution in [3.05, 3.63) is 0 Å². The molecule has 0 amide bonds. The number of hydrogen-bond acceptors (Lipinski definition) is 14. The van der Waals surface area contributed by atoms with E-state index in [0.29, 0.717) is 25.9 Å². The lowest BCUT2D eigenvalue weighted by Gasteiger charge is -2.53. The molecular formula is C41H79N3O11. The van der Waals surface area contributed by atoms with E-state index in [1.807, 2.05) is 67.5 Å². The van der Waals surface area contributed by atoms with Crippen molar-refractivity contribution < 1.29 is 53.6 Å². The van der Waals surface area contributed by atoms with Crippen LogP contribution in [-0.2, 0) is 33.2 Å². The van der Waals surface area contributed by atoms with Crippen LogP contribution in [0.25, 0.3) is 0 Å². The molecule has 0 bridgehead atoms. The fourth-order valence-corrected chi connectivity index (χ4v) is 9.15. The normalized spacial score (nSPS) is 47.2. The van der Waals surface area contributed by atoms with E-state index in [9.17, 15) is 25.2 Å².